The van der Waals surface area contributed by atoms with Crippen molar-refractivity contribution >= 4 is 23.2 Å². The Balaban J connectivity index is 1.43. The zero-order chi connectivity index (χ0) is 20.9. The van der Waals surface area contributed by atoms with Gasteiger partial charge in [0.1, 0.15) is 12.7 Å². The molecular formula is C25H24N2O3. The maximum absolute atomic E-state index is 12.6. The smallest absolute Gasteiger partial charge is 0.250 e. The Morgan fingerprint density at radius 3 is 2.20 bits per heavy atom. The number of fused-ring (bicyclic) bond motifs is 1. The molecule has 1 N–H and O–H groups in total. The zero-order valence-electron chi connectivity index (χ0n) is 16.9. The Kier molecular flexibility index (Phi) is 5.91. The number of hydrogen-bond donors (Lipinski definition) is 1. The van der Waals surface area contributed by atoms with Crippen LogP contribution < -0.4 is 10.2 Å². The summed E-state index contributed by atoms with van der Waals surface area (Å²) in [6, 6.07) is 25.4. The summed E-state index contributed by atoms with van der Waals surface area (Å²) in [7, 11) is 0. The van der Waals surface area contributed by atoms with E-state index in [1.807, 2.05) is 78.9 Å². The predicted molar refractivity (Wildman–Crippen MR) is 117 cm³/mol. The summed E-state index contributed by atoms with van der Waals surface area (Å²) in [4.78, 5) is 26.0. The summed E-state index contributed by atoms with van der Waals surface area (Å²) in [5.41, 5.74) is 4.70. The number of rotatable bonds is 6. The predicted octanol–water partition coefficient (Wildman–Crippen LogP) is 4.34. The zero-order valence-corrected chi connectivity index (χ0v) is 16.9. The van der Waals surface area contributed by atoms with E-state index in [1.165, 1.54) is 0 Å². The van der Waals surface area contributed by atoms with Gasteiger partial charge in [-0.3, -0.25) is 9.59 Å². The number of anilines is 2. The minimum atomic E-state index is -0.317. The standard InChI is InChI=1S/C25H24N2O3/c1-18(28)27-15-14-21-16-22(12-13-23(21)27)26-24(29)17-30-25(19-8-4-2-5-9-19)20-10-6-3-7-11-20/h2-13,16,25H,14-15,17H2,1H3,(H,26,29). The van der Waals surface area contributed by atoms with Crippen LogP contribution in [0.3, 0.4) is 0 Å². The van der Waals surface area contributed by atoms with E-state index >= 15 is 0 Å². The molecule has 5 heteroatoms. The highest BCUT2D eigenvalue weighted by Crippen LogP contribution is 2.30. The number of carbonyl (C=O) groups excluding carboxylic acids is 2. The van der Waals surface area contributed by atoms with Gasteiger partial charge in [0.2, 0.25) is 11.8 Å². The van der Waals surface area contributed by atoms with Crippen LogP contribution in [-0.4, -0.2) is 25.0 Å². The lowest BCUT2D eigenvalue weighted by atomic mass is 10.0. The molecule has 3 aromatic rings. The van der Waals surface area contributed by atoms with Crippen LogP contribution in [0.4, 0.5) is 11.4 Å². The van der Waals surface area contributed by atoms with Crippen LogP contribution in [0.1, 0.15) is 29.7 Å². The van der Waals surface area contributed by atoms with Gasteiger partial charge in [0.05, 0.1) is 0 Å². The SMILES string of the molecule is CC(=O)N1CCc2cc(NC(=O)COC(c3ccccc3)c3ccccc3)ccc21. The van der Waals surface area contributed by atoms with Gasteiger partial charge in [-0.25, -0.2) is 0 Å². The topological polar surface area (TPSA) is 58.6 Å². The molecule has 0 aliphatic carbocycles. The molecule has 0 atom stereocenters. The number of carbonyl (C=O) groups is 2. The molecule has 0 unspecified atom stereocenters. The van der Waals surface area contributed by atoms with Crippen LogP contribution in [0, 0.1) is 0 Å². The average Bonchev–Trinajstić information content (AvgIpc) is 3.19. The van der Waals surface area contributed by atoms with Gasteiger partial charge in [0, 0.05) is 24.8 Å². The second-order valence-corrected chi connectivity index (χ2v) is 7.32. The molecule has 1 aliphatic heterocycles. The summed E-state index contributed by atoms with van der Waals surface area (Å²) in [6.45, 7) is 2.18. The number of ether oxygens (including phenoxy) is 1. The average molecular weight is 400 g/mol. The molecule has 2 amide bonds. The van der Waals surface area contributed by atoms with Crippen LogP contribution in [0.15, 0.2) is 78.9 Å². The Morgan fingerprint density at radius 1 is 0.967 bits per heavy atom. The molecule has 4 rings (SSSR count). The first kappa shape index (κ1) is 19.9. The lowest BCUT2D eigenvalue weighted by molar-refractivity contribution is -0.122. The molecular weight excluding hydrogens is 376 g/mol. The molecule has 0 aromatic heterocycles. The third-order valence-corrected chi connectivity index (χ3v) is 5.22. The van der Waals surface area contributed by atoms with Crippen molar-refractivity contribution < 1.29 is 14.3 Å². The Hall–Kier alpha value is -3.44. The first-order chi connectivity index (χ1) is 14.6. The summed E-state index contributed by atoms with van der Waals surface area (Å²) in [5, 5.41) is 2.91. The third-order valence-electron chi connectivity index (χ3n) is 5.22. The number of amides is 2. The van der Waals surface area contributed by atoms with Crippen molar-refractivity contribution in [1.29, 1.82) is 0 Å². The number of hydrogen-bond acceptors (Lipinski definition) is 3. The van der Waals surface area contributed by atoms with Crippen molar-refractivity contribution in [3.05, 3.63) is 95.6 Å². The normalized spacial score (nSPS) is 12.7. The van der Waals surface area contributed by atoms with Crippen LogP contribution in [0.2, 0.25) is 0 Å². The minimum Gasteiger partial charge on any atom is -0.359 e. The van der Waals surface area contributed by atoms with E-state index in [2.05, 4.69) is 5.32 Å². The van der Waals surface area contributed by atoms with Crippen molar-refractivity contribution in [2.24, 2.45) is 0 Å². The van der Waals surface area contributed by atoms with E-state index < -0.39 is 0 Å². The molecule has 152 valence electrons. The molecule has 0 bridgehead atoms. The molecule has 5 nitrogen and oxygen atoms in total. The fraction of sp³-hybridized carbons (Fsp3) is 0.200. The molecule has 3 aromatic carbocycles. The monoisotopic (exact) mass is 400 g/mol. The van der Waals surface area contributed by atoms with Gasteiger partial charge in [0.25, 0.3) is 0 Å². The molecule has 1 aliphatic rings. The molecule has 0 spiro atoms. The van der Waals surface area contributed by atoms with E-state index in [-0.39, 0.29) is 24.5 Å². The van der Waals surface area contributed by atoms with Gasteiger partial charge in [-0.2, -0.15) is 0 Å². The lowest BCUT2D eigenvalue weighted by Gasteiger charge is -2.19. The third kappa shape index (κ3) is 4.42. The maximum Gasteiger partial charge on any atom is 0.250 e. The van der Waals surface area contributed by atoms with Crippen LogP contribution >= 0.6 is 0 Å². The van der Waals surface area contributed by atoms with Crippen LogP contribution in [0.5, 0.6) is 0 Å². The largest absolute Gasteiger partial charge is 0.359 e. The van der Waals surface area contributed by atoms with Crippen molar-refractivity contribution in [3.8, 4) is 0 Å². The van der Waals surface area contributed by atoms with Gasteiger partial charge >= 0.3 is 0 Å². The van der Waals surface area contributed by atoms with Crippen molar-refractivity contribution in [2.75, 3.05) is 23.4 Å². The summed E-state index contributed by atoms with van der Waals surface area (Å²) in [5.74, 6) is -0.181. The van der Waals surface area contributed by atoms with E-state index in [1.54, 1.807) is 11.8 Å². The van der Waals surface area contributed by atoms with Crippen molar-refractivity contribution in [1.82, 2.24) is 0 Å². The van der Waals surface area contributed by atoms with Gasteiger partial charge in [-0.15, -0.1) is 0 Å². The fourth-order valence-electron chi connectivity index (χ4n) is 3.80. The minimum absolute atomic E-state index is 0.0341. The summed E-state index contributed by atoms with van der Waals surface area (Å²) in [6.07, 6.45) is 0.474. The highest BCUT2D eigenvalue weighted by Gasteiger charge is 2.22. The molecule has 1 heterocycles. The van der Waals surface area contributed by atoms with E-state index in [0.717, 1.165) is 28.8 Å². The van der Waals surface area contributed by atoms with Gasteiger partial charge in [0.15, 0.2) is 0 Å². The number of nitrogens with one attached hydrogen (secondary N) is 1. The number of benzene rings is 3. The van der Waals surface area contributed by atoms with E-state index in [4.69, 9.17) is 4.74 Å². The molecule has 30 heavy (non-hydrogen) atoms. The first-order valence-electron chi connectivity index (χ1n) is 10.0. The van der Waals surface area contributed by atoms with E-state index in [0.29, 0.717) is 12.2 Å². The Bertz CT molecular complexity index is 995. The Labute approximate surface area is 176 Å². The van der Waals surface area contributed by atoms with E-state index in [9.17, 15) is 9.59 Å². The second kappa shape index (κ2) is 8.93. The molecule has 0 radical (unpaired) electrons. The molecule has 0 saturated heterocycles. The summed E-state index contributed by atoms with van der Waals surface area (Å²) < 4.78 is 6.02. The van der Waals surface area contributed by atoms with Gasteiger partial charge < -0.3 is 15.0 Å². The van der Waals surface area contributed by atoms with Crippen LogP contribution in [0.25, 0.3) is 0 Å². The highest BCUT2D eigenvalue weighted by molar-refractivity contribution is 5.95. The highest BCUT2D eigenvalue weighted by atomic mass is 16.5. The lowest BCUT2D eigenvalue weighted by Crippen LogP contribution is -2.25. The molecule has 0 fully saturated rings. The fourth-order valence-corrected chi connectivity index (χ4v) is 3.80. The second-order valence-electron chi connectivity index (χ2n) is 7.32. The van der Waals surface area contributed by atoms with Crippen LogP contribution in [-0.2, 0) is 20.7 Å². The number of nitrogens with zero attached hydrogens (tertiary/aromatic N) is 1. The van der Waals surface area contributed by atoms with Crippen molar-refractivity contribution in [3.63, 3.8) is 0 Å². The first-order valence-corrected chi connectivity index (χ1v) is 10.0. The maximum atomic E-state index is 12.6. The van der Waals surface area contributed by atoms with Gasteiger partial charge in [-0.1, -0.05) is 60.7 Å². The Morgan fingerprint density at radius 2 is 1.60 bits per heavy atom. The summed E-state index contributed by atoms with van der Waals surface area (Å²) >= 11 is 0. The molecule has 0 saturated carbocycles. The van der Waals surface area contributed by atoms with Crippen molar-refractivity contribution in [2.45, 2.75) is 19.4 Å². The quantitative estimate of drug-likeness (QED) is 0.670. The van der Waals surface area contributed by atoms with Gasteiger partial charge in [-0.05, 0) is 41.3 Å².